The Morgan fingerprint density at radius 1 is 1.03 bits per heavy atom. The summed E-state index contributed by atoms with van der Waals surface area (Å²) in [4.78, 5) is 55.5. The summed E-state index contributed by atoms with van der Waals surface area (Å²) in [5, 5.41) is 20.7. The molecule has 1 aromatic heterocycles. The maximum absolute atomic E-state index is 14.1. The number of benzene rings is 2. The number of cyclic esters (lactones) is 1. The van der Waals surface area contributed by atoms with E-state index < -0.39 is 53.3 Å². The van der Waals surface area contributed by atoms with Crippen LogP contribution in [0.25, 0.3) is 0 Å². The predicted molar refractivity (Wildman–Crippen MR) is 235 cm³/mol. The lowest BCUT2D eigenvalue weighted by Crippen LogP contribution is -2.58. The minimum Gasteiger partial charge on any atom is -0.495 e. The lowest BCUT2D eigenvalue weighted by atomic mass is 9.82. The van der Waals surface area contributed by atoms with Gasteiger partial charge in [-0.3, -0.25) is 14.4 Å². The highest BCUT2D eigenvalue weighted by Crippen LogP contribution is 2.45. The van der Waals surface area contributed by atoms with Crippen LogP contribution >= 0.6 is 11.6 Å². The number of epoxide rings is 1. The number of nitrogens with one attached hydrogen (secondary N) is 4. The zero-order chi connectivity index (χ0) is 45.2. The van der Waals surface area contributed by atoms with E-state index in [0.29, 0.717) is 42.5 Å². The number of esters is 1. The van der Waals surface area contributed by atoms with Crippen molar-refractivity contribution in [2.75, 3.05) is 27.3 Å². The summed E-state index contributed by atoms with van der Waals surface area (Å²) in [5.41, 5.74) is 1.96. The summed E-state index contributed by atoms with van der Waals surface area (Å²) in [6.45, 7) is 15.5. The van der Waals surface area contributed by atoms with Crippen LogP contribution in [0.2, 0.25) is 5.02 Å². The summed E-state index contributed by atoms with van der Waals surface area (Å²) >= 11 is 6.40. The number of hydrogen-bond acceptors (Lipinski definition) is 11. The number of halogens is 1. The average molecular weight is 879 g/mol. The third-order valence-corrected chi connectivity index (χ3v) is 11.8. The van der Waals surface area contributed by atoms with Crippen molar-refractivity contribution in [2.24, 2.45) is 16.7 Å². The highest BCUT2D eigenvalue weighted by molar-refractivity contribution is 6.32. The maximum Gasteiger partial charge on any atom is 0.328 e. The summed E-state index contributed by atoms with van der Waals surface area (Å²) in [6, 6.07) is 10.6. The highest BCUT2D eigenvalue weighted by atomic mass is 35.5. The molecular formula is C46H64ClN7O8. The molecule has 3 heterocycles. The van der Waals surface area contributed by atoms with E-state index in [1.165, 1.54) is 13.2 Å². The predicted octanol–water partition coefficient (Wildman–Crippen LogP) is 5.24. The number of carbonyl (C=O) groups is 4. The van der Waals surface area contributed by atoms with Crippen molar-refractivity contribution in [3.05, 3.63) is 88.2 Å². The molecule has 0 aliphatic carbocycles. The molecule has 2 aliphatic rings. The van der Waals surface area contributed by atoms with Gasteiger partial charge in [0.05, 0.1) is 43.0 Å². The van der Waals surface area contributed by atoms with Crippen LogP contribution in [-0.2, 0) is 53.0 Å². The fourth-order valence-electron chi connectivity index (χ4n) is 7.27. The Bertz CT molecular complexity index is 2030. The van der Waals surface area contributed by atoms with E-state index >= 15 is 0 Å². The van der Waals surface area contributed by atoms with Crippen LogP contribution in [-0.4, -0.2) is 96.3 Å². The first kappa shape index (κ1) is 48.2. The number of aromatic nitrogens is 3. The Hall–Kier alpha value is -4.83. The Labute approximate surface area is 370 Å². The monoisotopic (exact) mass is 877 g/mol. The largest absolute Gasteiger partial charge is 0.495 e. The van der Waals surface area contributed by atoms with Crippen LogP contribution in [0.3, 0.4) is 0 Å². The van der Waals surface area contributed by atoms with Gasteiger partial charge >= 0.3 is 5.97 Å². The fourth-order valence-corrected chi connectivity index (χ4v) is 7.55. The van der Waals surface area contributed by atoms with Gasteiger partial charge in [0.25, 0.3) is 0 Å². The van der Waals surface area contributed by atoms with Crippen molar-refractivity contribution >= 4 is 35.3 Å². The molecule has 1 fully saturated rings. The van der Waals surface area contributed by atoms with Gasteiger partial charge in [0, 0.05) is 31.4 Å². The van der Waals surface area contributed by atoms with Crippen molar-refractivity contribution in [3.8, 4) is 5.75 Å². The number of amides is 3. The summed E-state index contributed by atoms with van der Waals surface area (Å²) in [5.74, 6) is -1.83. The summed E-state index contributed by atoms with van der Waals surface area (Å²) < 4.78 is 25.3. The zero-order valence-electron chi connectivity index (χ0n) is 37.5. The molecular weight excluding hydrogens is 814 g/mol. The smallest absolute Gasteiger partial charge is 0.328 e. The second kappa shape index (κ2) is 21.5. The van der Waals surface area contributed by atoms with E-state index in [1.807, 2.05) is 65.2 Å². The number of nitrogens with zero attached hydrogens (tertiary/aromatic N) is 3. The summed E-state index contributed by atoms with van der Waals surface area (Å²) in [6.07, 6.45) is 5.16. The van der Waals surface area contributed by atoms with Crippen LogP contribution in [0.1, 0.15) is 96.2 Å². The van der Waals surface area contributed by atoms with Crippen molar-refractivity contribution in [1.29, 1.82) is 0 Å². The number of carbonyl (C=O) groups excluding carboxylic acids is 4. The van der Waals surface area contributed by atoms with Gasteiger partial charge in [0.2, 0.25) is 17.7 Å². The Morgan fingerprint density at radius 2 is 1.76 bits per heavy atom. The fraction of sp³-hybridized carbons (Fsp3) is 0.565. The van der Waals surface area contributed by atoms with Gasteiger partial charge in [0.15, 0.2) is 0 Å². The van der Waals surface area contributed by atoms with Crippen LogP contribution < -0.4 is 26.0 Å². The van der Waals surface area contributed by atoms with Crippen molar-refractivity contribution in [2.45, 2.75) is 124 Å². The van der Waals surface area contributed by atoms with Crippen molar-refractivity contribution in [3.63, 3.8) is 0 Å². The molecule has 0 saturated carbocycles. The van der Waals surface area contributed by atoms with Gasteiger partial charge in [-0.05, 0) is 87.5 Å². The van der Waals surface area contributed by atoms with Gasteiger partial charge in [-0.2, -0.15) is 0 Å². The maximum atomic E-state index is 14.1. The highest BCUT2D eigenvalue weighted by Gasteiger charge is 2.48. The lowest BCUT2D eigenvalue weighted by molar-refractivity contribution is -0.157. The molecule has 4 N–H and O–H groups in total. The molecule has 0 spiro atoms. The topological polar surface area (TPSA) is 187 Å². The molecule has 62 heavy (non-hydrogen) atoms. The second-order valence-electron chi connectivity index (χ2n) is 18.1. The number of methoxy groups -OCH3 is 1. The molecule has 0 radical (unpaired) electrons. The van der Waals surface area contributed by atoms with Crippen molar-refractivity contribution in [1.82, 2.24) is 36.3 Å². The molecule has 5 rings (SSSR count). The minimum absolute atomic E-state index is 0.120. The SMILES string of the molecule is CNCCCOCc1cn(Cc2ccc([C@H]3O[C@@H]3[C@@H](C)[C@@H]3C/C=C/C(=O)N[C@H](Cc4ccc(OC)c(Cl)c4)C(=O)N[C@@H](C)C(C)(C)C(=O)N[C@@H](CC(C)(C)C)C(=O)O3)cc2)nn1. The first-order chi connectivity index (χ1) is 29.4. The van der Waals surface area contributed by atoms with Gasteiger partial charge < -0.3 is 40.2 Å². The Kier molecular flexibility index (Phi) is 16.7. The first-order valence-corrected chi connectivity index (χ1v) is 21.7. The first-order valence-electron chi connectivity index (χ1n) is 21.4. The molecule has 3 amide bonds. The average Bonchev–Trinajstić information content (AvgIpc) is 3.89. The lowest BCUT2D eigenvalue weighted by Gasteiger charge is -2.35. The van der Waals surface area contributed by atoms with Gasteiger partial charge in [-0.1, -0.05) is 80.9 Å². The normalized spacial score (nSPS) is 24.6. The molecule has 2 aromatic carbocycles. The van der Waals surface area contributed by atoms with Gasteiger partial charge in [-0.25, -0.2) is 9.48 Å². The molecule has 1 saturated heterocycles. The van der Waals surface area contributed by atoms with Crippen LogP contribution in [0.15, 0.2) is 60.8 Å². The van der Waals surface area contributed by atoms with Gasteiger partial charge in [-0.15, -0.1) is 5.10 Å². The van der Waals surface area contributed by atoms with Crippen LogP contribution in [0.5, 0.6) is 5.75 Å². The van der Waals surface area contributed by atoms with Crippen LogP contribution in [0.4, 0.5) is 0 Å². The molecule has 3 aromatic rings. The molecule has 7 atom stereocenters. The second-order valence-corrected chi connectivity index (χ2v) is 18.5. The van der Waals surface area contributed by atoms with Crippen molar-refractivity contribution < 1.29 is 38.1 Å². The third kappa shape index (κ3) is 13.6. The van der Waals surface area contributed by atoms with Crippen LogP contribution in [0, 0.1) is 16.7 Å². The summed E-state index contributed by atoms with van der Waals surface area (Å²) in [7, 11) is 3.43. The van der Waals surface area contributed by atoms with Gasteiger partial charge in [0.1, 0.15) is 35.7 Å². The number of hydrogen-bond donors (Lipinski definition) is 4. The van der Waals surface area contributed by atoms with E-state index in [0.717, 1.165) is 29.8 Å². The van der Waals surface area contributed by atoms with E-state index in [4.69, 9.17) is 30.5 Å². The Balaban J connectivity index is 1.33. The minimum atomic E-state index is -1.17. The van der Waals surface area contributed by atoms with E-state index in [1.54, 1.807) is 49.7 Å². The van der Waals surface area contributed by atoms with E-state index in [-0.39, 0.29) is 36.4 Å². The zero-order valence-corrected chi connectivity index (χ0v) is 38.2. The molecule has 338 valence electrons. The number of rotatable bonds is 15. The molecule has 0 unspecified atom stereocenters. The van der Waals surface area contributed by atoms with E-state index in [2.05, 4.69) is 31.6 Å². The van der Waals surface area contributed by atoms with E-state index in [9.17, 15) is 19.2 Å². The Morgan fingerprint density at radius 3 is 2.44 bits per heavy atom. The molecule has 16 heteroatoms. The molecule has 15 nitrogen and oxygen atoms in total. The third-order valence-electron chi connectivity index (χ3n) is 11.5. The molecule has 2 aliphatic heterocycles. The molecule has 0 bridgehead atoms. The standard InChI is InChI=1S/C46H64ClN7O8/c1-28(40-41(62-40)32-17-14-30(15-18-32)25-54-26-33(52-53-54)27-60-21-11-20-48-8)37-12-10-13-39(55)50-35(23-31-16-19-38(59-9)34(47)22-31)42(56)49-29(2)46(6,7)44(58)51-36(43(57)61-37)24-45(3,4)5/h10,13-19,22,26,28-29,35-37,40-41,48H,11-12,20-21,23-25,27H2,1-9H3,(H,49,56)(H,50,55)(H,51,58)/b13-10+/t28-,29-,35+,36-,37-,40+,41+/m0/s1. The quantitative estimate of drug-likeness (QED) is 0.0889. The number of ether oxygens (including phenoxy) is 4.